The van der Waals surface area contributed by atoms with Crippen LogP contribution in [0, 0.1) is 10.1 Å². The van der Waals surface area contributed by atoms with Crippen molar-refractivity contribution in [2.45, 2.75) is 26.3 Å². The maximum atomic E-state index is 10.8. The molecule has 2 rings (SSSR count). The van der Waals surface area contributed by atoms with Crippen LogP contribution in [0.25, 0.3) is 10.9 Å². The monoisotopic (exact) mass is 219 g/mol. The summed E-state index contributed by atoms with van der Waals surface area (Å²) in [6.07, 6.45) is 1.84. The van der Waals surface area contributed by atoms with Crippen LogP contribution < -0.4 is 0 Å². The number of non-ortho nitro benzene ring substituents is 1. The molecule has 0 saturated carbocycles. The zero-order valence-corrected chi connectivity index (χ0v) is 9.47. The second-order valence-electron chi connectivity index (χ2n) is 4.72. The molecule has 0 bridgehead atoms. The van der Waals surface area contributed by atoms with Gasteiger partial charge in [0.1, 0.15) is 0 Å². The average molecular weight is 219 g/mol. The molecule has 0 spiro atoms. The van der Waals surface area contributed by atoms with E-state index in [1.807, 2.05) is 33.0 Å². The Morgan fingerprint density at radius 3 is 2.62 bits per heavy atom. The molecule has 0 amide bonds. The number of fused-ring (bicyclic) bond motifs is 1. The minimum atomic E-state index is -0.400. The molecule has 0 unspecified atom stereocenters. The quantitative estimate of drug-likeness (QED) is 0.547. The number of nitro groups is 1. The molecule has 2 aromatic rings. The van der Waals surface area contributed by atoms with E-state index >= 15 is 0 Å². The molecule has 1 aromatic carbocycles. The topological polar surface area (TPSA) is 61.0 Å². The van der Waals surface area contributed by atoms with E-state index in [0.29, 0.717) is 5.52 Å². The molecular weight excluding hydrogens is 206 g/mol. The summed E-state index contributed by atoms with van der Waals surface area (Å²) in [7, 11) is 0. The second-order valence-corrected chi connectivity index (χ2v) is 4.72. The fourth-order valence-electron chi connectivity index (χ4n) is 1.52. The smallest absolute Gasteiger partial charge is 0.266 e. The molecule has 0 radical (unpaired) electrons. The van der Waals surface area contributed by atoms with Crippen molar-refractivity contribution in [3.63, 3.8) is 0 Å². The SMILES string of the molecule is CC(C)(C)n1cc2cccc([N+](=O)[O-])c2n1. The van der Waals surface area contributed by atoms with Crippen molar-refractivity contribution < 1.29 is 4.92 Å². The zero-order valence-electron chi connectivity index (χ0n) is 9.47. The molecule has 0 atom stereocenters. The zero-order chi connectivity index (χ0) is 11.9. The summed E-state index contributed by atoms with van der Waals surface area (Å²) in [6, 6.07) is 4.98. The lowest BCUT2D eigenvalue weighted by Gasteiger charge is -2.18. The van der Waals surface area contributed by atoms with Crippen LogP contribution in [-0.2, 0) is 5.54 Å². The van der Waals surface area contributed by atoms with Crippen LogP contribution in [0.2, 0.25) is 0 Å². The van der Waals surface area contributed by atoms with Gasteiger partial charge in [0.25, 0.3) is 5.69 Å². The fourth-order valence-corrected chi connectivity index (χ4v) is 1.52. The third-order valence-corrected chi connectivity index (χ3v) is 2.40. The summed E-state index contributed by atoms with van der Waals surface area (Å²) >= 11 is 0. The molecule has 84 valence electrons. The Morgan fingerprint density at radius 2 is 2.06 bits per heavy atom. The highest BCUT2D eigenvalue weighted by Gasteiger charge is 2.19. The molecule has 0 aliphatic carbocycles. The predicted molar refractivity (Wildman–Crippen MR) is 61.4 cm³/mol. The standard InChI is InChI=1S/C11H13N3O2/c1-11(2,3)13-7-8-5-4-6-9(14(15)16)10(8)12-13/h4-7H,1-3H3. The van der Waals surface area contributed by atoms with Crippen molar-refractivity contribution in [1.29, 1.82) is 0 Å². The van der Waals surface area contributed by atoms with Gasteiger partial charge in [-0.25, -0.2) is 0 Å². The van der Waals surface area contributed by atoms with Gasteiger partial charge in [-0.1, -0.05) is 12.1 Å². The summed E-state index contributed by atoms with van der Waals surface area (Å²) in [4.78, 5) is 10.4. The molecule has 16 heavy (non-hydrogen) atoms. The summed E-state index contributed by atoms with van der Waals surface area (Å²) in [6.45, 7) is 6.01. The third-order valence-electron chi connectivity index (χ3n) is 2.40. The average Bonchev–Trinajstić information content (AvgIpc) is 2.59. The van der Waals surface area contributed by atoms with Crippen molar-refractivity contribution >= 4 is 16.6 Å². The van der Waals surface area contributed by atoms with Gasteiger partial charge in [0.05, 0.1) is 10.5 Å². The van der Waals surface area contributed by atoms with Crippen LogP contribution in [0.4, 0.5) is 5.69 Å². The van der Waals surface area contributed by atoms with E-state index in [1.54, 1.807) is 10.7 Å². The molecule has 0 aliphatic rings. The van der Waals surface area contributed by atoms with Crippen molar-refractivity contribution in [3.05, 3.63) is 34.5 Å². The van der Waals surface area contributed by atoms with E-state index in [0.717, 1.165) is 5.39 Å². The van der Waals surface area contributed by atoms with E-state index in [9.17, 15) is 10.1 Å². The van der Waals surface area contributed by atoms with Gasteiger partial charge >= 0.3 is 0 Å². The second kappa shape index (κ2) is 3.30. The molecule has 0 aliphatic heterocycles. The van der Waals surface area contributed by atoms with Gasteiger partial charge in [0, 0.05) is 17.6 Å². The minimum absolute atomic E-state index is 0.0560. The number of hydrogen-bond acceptors (Lipinski definition) is 3. The Bertz CT molecular complexity index is 552. The number of nitro benzene ring substituents is 1. The van der Waals surface area contributed by atoms with Gasteiger partial charge in [-0.2, -0.15) is 5.10 Å². The van der Waals surface area contributed by atoms with Crippen LogP contribution in [0.15, 0.2) is 24.4 Å². The first-order valence-electron chi connectivity index (χ1n) is 5.03. The molecular formula is C11H13N3O2. The van der Waals surface area contributed by atoms with Crippen LogP contribution in [0.1, 0.15) is 20.8 Å². The molecule has 1 aromatic heterocycles. The van der Waals surface area contributed by atoms with Gasteiger partial charge in [0.2, 0.25) is 0 Å². The maximum absolute atomic E-state index is 10.8. The van der Waals surface area contributed by atoms with Crippen LogP contribution >= 0.6 is 0 Å². The molecule has 0 fully saturated rings. The first-order chi connectivity index (χ1) is 7.39. The Morgan fingerprint density at radius 1 is 1.38 bits per heavy atom. The predicted octanol–water partition coefficient (Wildman–Crippen LogP) is 2.70. The Hall–Kier alpha value is -1.91. The largest absolute Gasteiger partial charge is 0.297 e. The van der Waals surface area contributed by atoms with Crippen LogP contribution in [0.5, 0.6) is 0 Å². The molecule has 5 nitrogen and oxygen atoms in total. The summed E-state index contributed by atoms with van der Waals surface area (Å²) < 4.78 is 1.75. The van der Waals surface area contributed by atoms with E-state index in [2.05, 4.69) is 5.10 Å². The van der Waals surface area contributed by atoms with E-state index < -0.39 is 4.92 Å². The van der Waals surface area contributed by atoms with E-state index in [4.69, 9.17) is 0 Å². The lowest BCUT2D eigenvalue weighted by molar-refractivity contribution is -0.383. The van der Waals surface area contributed by atoms with Gasteiger partial charge in [-0.15, -0.1) is 0 Å². The van der Waals surface area contributed by atoms with Crippen LogP contribution in [0.3, 0.4) is 0 Å². The number of benzene rings is 1. The number of hydrogen-bond donors (Lipinski definition) is 0. The fraction of sp³-hybridized carbons (Fsp3) is 0.364. The first kappa shape index (κ1) is 10.6. The highest BCUT2D eigenvalue weighted by Crippen LogP contribution is 2.26. The van der Waals surface area contributed by atoms with E-state index in [1.165, 1.54) is 6.07 Å². The Labute approximate surface area is 92.8 Å². The maximum Gasteiger partial charge on any atom is 0.297 e. The van der Waals surface area contributed by atoms with Gasteiger partial charge in [-0.05, 0) is 20.8 Å². The van der Waals surface area contributed by atoms with E-state index in [-0.39, 0.29) is 11.2 Å². The molecule has 5 heteroatoms. The lowest BCUT2D eigenvalue weighted by atomic mass is 10.1. The minimum Gasteiger partial charge on any atom is -0.266 e. The molecule has 1 heterocycles. The summed E-state index contributed by atoms with van der Waals surface area (Å²) in [5.74, 6) is 0. The third kappa shape index (κ3) is 1.64. The lowest BCUT2D eigenvalue weighted by Crippen LogP contribution is -2.21. The number of rotatable bonds is 1. The molecule has 0 saturated heterocycles. The van der Waals surface area contributed by atoms with Gasteiger partial charge < -0.3 is 0 Å². The van der Waals surface area contributed by atoms with Gasteiger partial charge in [0.15, 0.2) is 5.52 Å². The van der Waals surface area contributed by atoms with Crippen molar-refractivity contribution in [1.82, 2.24) is 9.78 Å². The summed E-state index contributed by atoms with van der Waals surface area (Å²) in [5.41, 5.74) is 0.329. The highest BCUT2D eigenvalue weighted by molar-refractivity contribution is 5.86. The van der Waals surface area contributed by atoms with Crippen molar-refractivity contribution in [2.24, 2.45) is 0 Å². The summed E-state index contributed by atoms with van der Waals surface area (Å²) in [5, 5.41) is 15.9. The Kier molecular flexibility index (Phi) is 2.18. The van der Waals surface area contributed by atoms with Crippen LogP contribution in [-0.4, -0.2) is 14.7 Å². The molecule has 0 N–H and O–H groups in total. The highest BCUT2D eigenvalue weighted by atomic mass is 16.6. The number of aromatic nitrogens is 2. The first-order valence-corrected chi connectivity index (χ1v) is 5.03. The number of nitrogens with zero attached hydrogens (tertiary/aromatic N) is 3. The Balaban J connectivity index is 2.71. The van der Waals surface area contributed by atoms with Gasteiger partial charge in [-0.3, -0.25) is 14.8 Å². The van der Waals surface area contributed by atoms with Crippen molar-refractivity contribution in [2.75, 3.05) is 0 Å². The normalized spacial score (nSPS) is 11.9. The van der Waals surface area contributed by atoms with Crippen molar-refractivity contribution in [3.8, 4) is 0 Å².